The third-order valence-electron chi connectivity index (χ3n) is 6.74. The van der Waals surface area contributed by atoms with Gasteiger partial charge in [-0.1, -0.05) is 52.0 Å². The van der Waals surface area contributed by atoms with E-state index < -0.39 is 24.4 Å². The minimum atomic E-state index is -0.905. The van der Waals surface area contributed by atoms with Crippen LogP contribution in [0.15, 0.2) is 47.6 Å². The summed E-state index contributed by atoms with van der Waals surface area (Å²) < 4.78 is 16.8. The SMILES string of the molecule is CC.COC1CC/C=C(\C)C(=O)Nc2cccc(c2)C[C@@H](C)CC(OC)C(O)C(C)/C=C(\C)C1OC(N)=O. The molecule has 214 valence electrons. The van der Waals surface area contributed by atoms with Crippen LogP contribution in [-0.4, -0.2) is 55.7 Å². The number of benzene rings is 1. The molecule has 0 saturated carbocycles. The number of anilines is 1. The van der Waals surface area contributed by atoms with Crippen LogP contribution in [0.1, 0.15) is 66.4 Å². The Balaban J connectivity index is 0.00000352. The van der Waals surface area contributed by atoms with Crippen molar-refractivity contribution in [2.75, 3.05) is 19.5 Å². The molecule has 2 rings (SSSR count). The van der Waals surface area contributed by atoms with Crippen LogP contribution < -0.4 is 11.1 Å². The van der Waals surface area contributed by atoms with Crippen LogP contribution >= 0.6 is 0 Å². The number of ether oxygens (including phenoxy) is 3. The molecule has 2 bridgehead atoms. The summed E-state index contributed by atoms with van der Waals surface area (Å²) in [5.41, 5.74) is 8.50. The molecule has 5 unspecified atom stereocenters. The van der Waals surface area contributed by atoms with Gasteiger partial charge in [0, 0.05) is 31.4 Å². The number of carbonyl (C=O) groups excluding carboxylic acids is 2. The maximum absolute atomic E-state index is 12.7. The van der Waals surface area contributed by atoms with E-state index in [1.807, 2.05) is 64.1 Å². The van der Waals surface area contributed by atoms with Gasteiger partial charge in [-0.15, -0.1) is 0 Å². The van der Waals surface area contributed by atoms with E-state index in [0.29, 0.717) is 24.8 Å². The Morgan fingerprint density at radius 1 is 1.11 bits per heavy atom. The topological polar surface area (TPSA) is 120 Å². The number of nitrogens with two attached hydrogens (primary N) is 1. The average Bonchev–Trinajstić information content (AvgIpc) is 2.88. The number of aliphatic hydroxyl groups excluding tert-OH is 1. The number of aliphatic hydroxyl groups is 1. The van der Waals surface area contributed by atoms with E-state index in [-0.39, 0.29) is 23.8 Å². The Bertz CT molecular complexity index is 944. The zero-order valence-electron chi connectivity index (χ0n) is 24.3. The van der Waals surface area contributed by atoms with Gasteiger partial charge in [-0.25, -0.2) is 4.79 Å². The number of hydrogen-bond donors (Lipinski definition) is 3. The molecule has 1 aliphatic heterocycles. The van der Waals surface area contributed by atoms with Gasteiger partial charge in [-0.05, 0) is 68.7 Å². The number of methoxy groups -OCH3 is 2. The normalized spacial score (nSPS) is 30.4. The predicted octanol–water partition coefficient (Wildman–Crippen LogP) is 5.40. The second-order valence-electron chi connectivity index (χ2n) is 9.83. The number of nitrogens with one attached hydrogen (secondary N) is 1. The van der Waals surface area contributed by atoms with Crippen LogP contribution in [0.3, 0.4) is 0 Å². The Morgan fingerprint density at radius 2 is 1.76 bits per heavy atom. The maximum atomic E-state index is 12.7. The summed E-state index contributed by atoms with van der Waals surface area (Å²) in [5, 5.41) is 14.1. The molecule has 8 heteroatoms. The fraction of sp³-hybridized carbons (Fsp3) is 0.600. The number of hydrogen-bond acceptors (Lipinski definition) is 6. The fourth-order valence-corrected chi connectivity index (χ4v) is 4.75. The predicted molar refractivity (Wildman–Crippen MR) is 152 cm³/mol. The van der Waals surface area contributed by atoms with Gasteiger partial charge in [-0.3, -0.25) is 4.79 Å². The molecule has 0 spiro atoms. The van der Waals surface area contributed by atoms with E-state index in [4.69, 9.17) is 19.9 Å². The molecule has 1 aromatic rings. The second kappa shape index (κ2) is 17.0. The van der Waals surface area contributed by atoms with Crippen molar-refractivity contribution in [1.82, 2.24) is 0 Å². The van der Waals surface area contributed by atoms with E-state index in [9.17, 15) is 14.7 Å². The van der Waals surface area contributed by atoms with Gasteiger partial charge in [0.05, 0.1) is 18.3 Å². The maximum Gasteiger partial charge on any atom is 0.405 e. The number of allylic oxidation sites excluding steroid dienone is 1. The molecule has 6 atom stereocenters. The molecule has 1 aliphatic rings. The number of rotatable bonds is 3. The molecule has 1 heterocycles. The molecule has 8 nitrogen and oxygen atoms in total. The number of amides is 2. The summed E-state index contributed by atoms with van der Waals surface area (Å²) in [4.78, 5) is 24.4. The molecule has 0 radical (unpaired) electrons. The smallest absolute Gasteiger partial charge is 0.405 e. The highest BCUT2D eigenvalue weighted by Gasteiger charge is 2.29. The van der Waals surface area contributed by atoms with Crippen LogP contribution in [-0.2, 0) is 25.4 Å². The number of carbonyl (C=O) groups is 2. The average molecular weight is 533 g/mol. The van der Waals surface area contributed by atoms with Crippen molar-refractivity contribution in [2.24, 2.45) is 17.6 Å². The summed E-state index contributed by atoms with van der Waals surface area (Å²) in [5.74, 6) is -0.224. The highest BCUT2D eigenvalue weighted by Crippen LogP contribution is 2.26. The molecule has 4 N–H and O–H groups in total. The minimum absolute atomic E-state index is 0.176. The van der Waals surface area contributed by atoms with Gasteiger partial charge >= 0.3 is 6.09 Å². The summed E-state index contributed by atoms with van der Waals surface area (Å²) in [6, 6.07) is 7.82. The highest BCUT2D eigenvalue weighted by atomic mass is 16.6. The van der Waals surface area contributed by atoms with Gasteiger partial charge < -0.3 is 30.4 Å². The van der Waals surface area contributed by atoms with E-state index in [1.165, 1.54) is 0 Å². The van der Waals surface area contributed by atoms with Gasteiger partial charge in [0.15, 0.2) is 6.10 Å². The standard InChI is InChI=1S/C28H42N2O6.C2H6/c1-17-13-21-10-8-11-22(16-21)30-27(32)18(2)9-7-12-23(34-5)26(36-28(29)33)20(4)15-19(3)25(31)24(14-17)35-6;1-2/h8-11,15-17,19,23-26,31H,7,12-14H2,1-6H3,(H2,29,33)(H,30,32);1-2H3/b18-9+,20-15+;/t17-,19?,23?,24?,25?,26?;/m1./s1. The van der Waals surface area contributed by atoms with Gasteiger partial charge in [0.25, 0.3) is 5.91 Å². The zero-order chi connectivity index (χ0) is 28.8. The largest absolute Gasteiger partial charge is 0.439 e. The first-order valence-corrected chi connectivity index (χ1v) is 13.5. The third kappa shape index (κ3) is 10.6. The van der Waals surface area contributed by atoms with Crippen molar-refractivity contribution in [1.29, 1.82) is 0 Å². The molecule has 0 fully saturated rings. The summed E-state index contributed by atoms with van der Waals surface area (Å²) in [6.45, 7) is 11.6. The monoisotopic (exact) mass is 532 g/mol. The van der Waals surface area contributed by atoms with E-state index in [2.05, 4.69) is 12.2 Å². The first kappa shape index (κ1) is 33.3. The van der Waals surface area contributed by atoms with Gasteiger partial charge in [0.1, 0.15) is 0 Å². The molecular formula is C30H48N2O6. The Labute approximate surface area is 228 Å². The first-order chi connectivity index (χ1) is 18.0. The molecule has 0 saturated heterocycles. The van der Waals surface area contributed by atoms with Crippen LogP contribution in [0, 0.1) is 11.8 Å². The quantitative estimate of drug-likeness (QED) is 0.449. The lowest BCUT2D eigenvalue weighted by atomic mass is 9.88. The molecule has 38 heavy (non-hydrogen) atoms. The Hall–Kier alpha value is -2.68. The van der Waals surface area contributed by atoms with Crippen LogP contribution in [0.2, 0.25) is 0 Å². The number of primary amides is 1. The van der Waals surface area contributed by atoms with Crippen molar-refractivity contribution in [2.45, 2.75) is 91.6 Å². The van der Waals surface area contributed by atoms with E-state index in [1.54, 1.807) is 21.1 Å². The van der Waals surface area contributed by atoms with Crippen molar-refractivity contribution >= 4 is 17.7 Å². The molecule has 0 aromatic heterocycles. The third-order valence-corrected chi connectivity index (χ3v) is 6.74. The summed E-state index contributed by atoms with van der Waals surface area (Å²) in [6.07, 6.45) is 2.91. The lowest BCUT2D eigenvalue weighted by molar-refractivity contribution is -0.112. The van der Waals surface area contributed by atoms with Crippen LogP contribution in [0.4, 0.5) is 10.5 Å². The van der Waals surface area contributed by atoms with Gasteiger partial charge in [0.2, 0.25) is 0 Å². The second-order valence-corrected chi connectivity index (χ2v) is 9.83. The highest BCUT2D eigenvalue weighted by molar-refractivity contribution is 6.03. The first-order valence-electron chi connectivity index (χ1n) is 13.5. The molecule has 2 amide bonds. The lowest BCUT2D eigenvalue weighted by Crippen LogP contribution is -2.37. The van der Waals surface area contributed by atoms with Crippen molar-refractivity contribution in [3.05, 3.63) is 53.1 Å². The molecule has 1 aromatic carbocycles. The Kier molecular flexibility index (Phi) is 14.9. The van der Waals surface area contributed by atoms with E-state index >= 15 is 0 Å². The van der Waals surface area contributed by atoms with Crippen LogP contribution in [0.25, 0.3) is 0 Å². The number of fused-ring (bicyclic) bond motifs is 2. The molecule has 0 aliphatic carbocycles. The fourth-order valence-electron chi connectivity index (χ4n) is 4.75. The molecular weight excluding hydrogens is 484 g/mol. The minimum Gasteiger partial charge on any atom is -0.439 e. The Morgan fingerprint density at radius 3 is 2.37 bits per heavy atom. The van der Waals surface area contributed by atoms with Gasteiger partial charge in [-0.2, -0.15) is 0 Å². The zero-order valence-corrected chi connectivity index (χ0v) is 24.3. The summed E-state index contributed by atoms with van der Waals surface area (Å²) in [7, 11) is 3.15. The lowest BCUT2D eigenvalue weighted by Gasteiger charge is -2.30. The van der Waals surface area contributed by atoms with Crippen molar-refractivity contribution < 1.29 is 28.9 Å². The van der Waals surface area contributed by atoms with Crippen LogP contribution in [0.5, 0.6) is 0 Å². The van der Waals surface area contributed by atoms with Crippen molar-refractivity contribution in [3.8, 4) is 0 Å². The van der Waals surface area contributed by atoms with E-state index in [0.717, 1.165) is 23.2 Å². The summed E-state index contributed by atoms with van der Waals surface area (Å²) >= 11 is 0. The van der Waals surface area contributed by atoms with Crippen molar-refractivity contribution in [3.63, 3.8) is 0 Å².